The van der Waals surface area contributed by atoms with Crippen molar-refractivity contribution in [3.8, 4) is 0 Å². The van der Waals surface area contributed by atoms with E-state index in [0.717, 1.165) is 12.4 Å². The average molecular weight is 178 g/mol. The Morgan fingerprint density at radius 3 is 3.08 bits per heavy atom. The van der Waals surface area contributed by atoms with Gasteiger partial charge in [0.05, 0.1) is 13.2 Å². The minimum atomic E-state index is 0.416. The lowest BCUT2D eigenvalue weighted by Crippen LogP contribution is -2.12. The molecule has 1 N–H and O–H groups in total. The Bertz CT molecular complexity index is 310. The molecule has 70 valence electrons. The van der Waals surface area contributed by atoms with Gasteiger partial charge >= 0.3 is 0 Å². The van der Waals surface area contributed by atoms with Crippen molar-refractivity contribution >= 4 is 5.82 Å². The van der Waals surface area contributed by atoms with Gasteiger partial charge < -0.3 is 10.1 Å². The first-order valence-electron chi connectivity index (χ1n) is 4.58. The minimum absolute atomic E-state index is 0.416. The van der Waals surface area contributed by atoms with Crippen molar-refractivity contribution in [2.24, 2.45) is 0 Å². The molecule has 0 fully saturated rings. The highest BCUT2D eigenvalue weighted by atomic mass is 16.5. The van der Waals surface area contributed by atoms with Gasteiger partial charge in [0.2, 0.25) is 0 Å². The molecule has 0 spiro atoms. The van der Waals surface area contributed by atoms with Gasteiger partial charge in [0.25, 0.3) is 0 Å². The summed E-state index contributed by atoms with van der Waals surface area (Å²) in [4.78, 5) is 4.30. The molecule has 3 nitrogen and oxygen atoms in total. The maximum Gasteiger partial charge on any atom is 0.132 e. The largest absolute Gasteiger partial charge is 0.372 e. The normalized spacial score (nSPS) is 14.7. The van der Waals surface area contributed by atoms with Crippen molar-refractivity contribution in [3.63, 3.8) is 0 Å². The monoisotopic (exact) mass is 178 g/mol. The van der Waals surface area contributed by atoms with Crippen molar-refractivity contribution in [1.29, 1.82) is 0 Å². The zero-order valence-corrected chi connectivity index (χ0v) is 8.00. The van der Waals surface area contributed by atoms with Crippen LogP contribution in [0.15, 0.2) is 12.3 Å². The Balaban J connectivity index is 2.30. The number of hydrogen-bond donors (Lipinski definition) is 1. The number of aromatic nitrogens is 1. The molecule has 1 aliphatic heterocycles. The number of fused-ring (bicyclic) bond motifs is 1. The van der Waals surface area contributed by atoms with Crippen molar-refractivity contribution in [3.05, 3.63) is 23.4 Å². The molecular weight excluding hydrogens is 164 g/mol. The van der Waals surface area contributed by atoms with E-state index in [0.29, 0.717) is 12.6 Å². The zero-order chi connectivity index (χ0) is 9.26. The van der Waals surface area contributed by atoms with Crippen LogP contribution in [-0.4, -0.2) is 11.0 Å². The van der Waals surface area contributed by atoms with E-state index in [4.69, 9.17) is 4.74 Å². The van der Waals surface area contributed by atoms with Crippen LogP contribution in [0.25, 0.3) is 0 Å². The lowest BCUT2D eigenvalue weighted by Gasteiger charge is -2.11. The number of nitrogens with one attached hydrogen (secondary N) is 1. The van der Waals surface area contributed by atoms with Crippen LogP contribution in [0.5, 0.6) is 0 Å². The summed E-state index contributed by atoms with van der Waals surface area (Å²) in [6.07, 6.45) is 1.83. The molecule has 13 heavy (non-hydrogen) atoms. The fourth-order valence-corrected chi connectivity index (χ4v) is 1.49. The van der Waals surface area contributed by atoms with Gasteiger partial charge in [-0.1, -0.05) is 0 Å². The van der Waals surface area contributed by atoms with Crippen LogP contribution in [0.4, 0.5) is 5.82 Å². The molecule has 0 radical (unpaired) electrons. The summed E-state index contributed by atoms with van der Waals surface area (Å²) in [7, 11) is 0. The molecule has 0 saturated heterocycles. The first-order chi connectivity index (χ1) is 6.27. The van der Waals surface area contributed by atoms with Gasteiger partial charge in [0.15, 0.2) is 0 Å². The summed E-state index contributed by atoms with van der Waals surface area (Å²) in [5.74, 6) is 0.977. The number of hydrogen-bond acceptors (Lipinski definition) is 3. The standard InChI is InChI=1S/C10H14N2O/c1-7(2)12-10-9-6-13-5-8(9)3-4-11-10/h3-4,7H,5-6H2,1-2H3,(H,11,12). The fourth-order valence-electron chi connectivity index (χ4n) is 1.49. The summed E-state index contributed by atoms with van der Waals surface area (Å²) in [6, 6.07) is 2.44. The lowest BCUT2D eigenvalue weighted by molar-refractivity contribution is 0.134. The predicted molar refractivity (Wildman–Crippen MR) is 51.5 cm³/mol. The zero-order valence-electron chi connectivity index (χ0n) is 8.00. The summed E-state index contributed by atoms with van der Waals surface area (Å²) >= 11 is 0. The quantitative estimate of drug-likeness (QED) is 0.751. The molecule has 0 amide bonds. The number of ether oxygens (including phenoxy) is 1. The van der Waals surface area contributed by atoms with E-state index in [1.54, 1.807) is 0 Å². The molecule has 1 aromatic heterocycles. The van der Waals surface area contributed by atoms with E-state index < -0.39 is 0 Å². The van der Waals surface area contributed by atoms with Crippen LogP contribution in [-0.2, 0) is 18.0 Å². The van der Waals surface area contributed by atoms with Crippen molar-refractivity contribution in [2.45, 2.75) is 33.1 Å². The minimum Gasteiger partial charge on any atom is -0.372 e. The number of nitrogens with zero attached hydrogens (tertiary/aromatic N) is 1. The van der Waals surface area contributed by atoms with Gasteiger partial charge in [-0.15, -0.1) is 0 Å². The number of anilines is 1. The molecule has 0 unspecified atom stereocenters. The summed E-state index contributed by atoms with van der Waals surface area (Å²) in [5, 5.41) is 3.31. The van der Waals surface area contributed by atoms with Crippen LogP contribution in [0, 0.1) is 0 Å². The van der Waals surface area contributed by atoms with Gasteiger partial charge in [-0.25, -0.2) is 4.98 Å². The second-order valence-corrected chi connectivity index (χ2v) is 3.59. The van der Waals surface area contributed by atoms with Gasteiger partial charge in [0, 0.05) is 17.8 Å². The van der Waals surface area contributed by atoms with Crippen LogP contribution in [0.1, 0.15) is 25.0 Å². The Morgan fingerprint density at radius 1 is 1.46 bits per heavy atom. The molecule has 1 aromatic rings. The highest BCUT2D eigenvalue weighted by molar-refractivity contribution is 5.49. The van der Waals surface area contributed by atoms with Crippen LogP contribution >= 0.6 is 0 Å². The molecule has 2 heterocycles. The Morgan fingerprint density at radius 2 is 2.31 bits per heavy atom. The Hall–Kier alpha value is -1.09. The van der Waals surface area contributed by atoms with E-state index in [2.05, 4.69) is 24.1 Å². The van der Waals surface area contributed by atoms with Gasteiger partial charge in [0.1, 0.15) is 5.82 Å². The SMILES string of the molecule is CC(C)Nc1nccc2c1COC2. The second kappa shape index (κ2) is 3.34. The van der Waals surface area contributed by atoms with Crippen LogP contribution in [0.3, 0.4) is 0 Å². The maximum atomic E-state index is 5.36. The fraction of sp³-hybridized carbons (Fsp3) is 0.500. The van der Waals surface area contributed by atoms with Crippen molar-refractivity contribution in [2.75, 3.05) is 5.32 Å². The molecule has 0 aliphatic carbocycles. The third-order valence-electron chi connectivity index (χ3n) is 2.08. The van der Waals surface area contributed by atoms with E-state index >= 15 is 0 Å². The third-order valence-corrected chi connectivity index (χ3v) is 2.08. The molecule has 3 heteroatoms. The summed E-state index contributed by atoms with van der Waals surface area (Å²) in [6.45, 7) is 5.64. The average Bonchev–Trinajstić information content (AvgIpc) is 2.51. The first-order valence-corrected chi connectivity index (χ1v) is 4.58. The Kier molecular flexibility index (Phi) is 2.19. The smallest absolute Gasteiger partial charge is 0.132 e. The van der Waals surface area contributed by atoms with Crippen LogP contribution < -0.4 is 5.32 Å². The first kappa shape index (κ1) is 8.51. The van der Waals surface area contributed by atoms with E-state index in [-0.39, 0.29) is 0 Å². The molecule has 1 aliphatic rings. The molecule has 0 bridgehead atoms. The third kappa shape index (κ3) is 1.65. The summed E-state index contributed by atoms with van der Waals surface area (Å²) in [5.41, 5.74) is 2.48. The second-order valence-electron chi connectivity index (χ2n) is 3.59. The Labute approximate surface area is 78.1 Å². The van der Waals surface area contributed by atoms with E-state index in [9.17, 15) is 0 Å². The highest BCUT2D eigenvalue weighted by Gasteiger charge is 2.15. The highest BCUT2D eigenvalue weighted by Crippen LogP contribution is 2.25. The number of pyridine rings is 1. The molecule has 0 atom stereocenters. The van der Waals surface area contributed by atoms with Gasteiger partial charge in [-0.2, -0.15) is 0 Å². The van der Waals surface area contributed by atoms with Gasteiger partial charge in [-0.3, -0.25) is 0 Å². The lowest BCUT2D eigenvalue weighted by atomic mass is 10.1. The van der Waals surface area contributed by atoms with E-state index in [1.807, 2.05) is 12.3 Å². The maximum absolute atomic E-state index is 5.36. The van der Waals surface area contributed by atoms with Crippen molar-refractivity contribution in [1.82, 2.24) is 4.98 Å². The summed E-state index contributed by atoms with van der Waals surface area (Å²) < 4.78 is 5.36. The number of rotatable bonds is 2. The van der Waals surface area contributed by atoms with E-state index in [1.165, 1.54) is 11.1 Å². The molecule has 0 aromatic carbocycles. The topological polar surface area (TPSA) is 34.2 Å². The van der Waals surface area contributed by atoms with Crippen LogP contribution in [0.2, 0.25) is 0 Å². The van der Waals surface area contributed by atoms with Crippen molar-refractivity contribution < 1.29 is 4.74 Å². The molecular formula is C10H14N2O. The predicted octanol–water partition coefficient (Wildman–Crippen LogP) is 1.93. The molecule has 0 saturated carbocycles. The molecule has 2 rings (SSSR count). The van der Waals surface area contributed by atoms with Gasteiger partial charge in [-0.05, 0) is 25.5 Å².